The normalized spacial score (nSPS) is 21.8. The van der Waals surface area contributed by atoms with Gasteiger partial charge in [0.05, 0.1) is 26.8 Å². The van der Waals surface area contributed by atoms with Gasteiger partial charge in [-0.3, -0.25) is 24.7 Å². The van der Waals surface area contributed by atoms with E-state index in [2.05, 4.69) is 16.1 Å². The van der Waals surface area contributed by atoms with Gasteiger partial charge in [-0.25, -0.2) is 4.79 Å². The van der Waals surface area contributed by atoms with Crippen molar-refractivity contribution in [1.82, 2.24) is 20.7 Å². The highest BCUT2D eigenvalue weighted by Gasteiger charge is 2.50. The van der Waals surface area contributed by atoms with Crippen molar-refractivity contribution in [3.8, 4) is 11.5 Å². The fourth-order valence-corrected chi connectivity index (χ4v) is 4.42. The fourth-order valence-electron chi connectivity index (χ4n) is 4.42. The fraction of sp³-hybridized carbons (Fsp3) is 0.360. The predicted octanol–water partition coefficient (Wildman–Crippen LogP) is 1.61. The number of nitrogens with one attached hydrogen (secondary N) is 3. The summed E-state index contributed by atoms with van der Waals surface area (Å²) in [4.78, 5) is 53.0. The average Bonchev–Trinajstić information content (AvgIpc) is 3.43. The molecule has 0 radical (unpaired) electrons. The second-order valence-electron chi connectivity index (χ2n) is 8.81. The van der Waals surface area contributed by atoms with Crippen LogP contribution in [0.2, 0.25) is 0 Å². The number of rotatable bonds is 8. The van der Waals surface area contributed by atoms with E-state index in [-0.39, 0.29) is 12.5 Å². The Labute approximate surface area is 208 Å². The van der Waals surface area contributed by atoms with E-state index in [4.69, 9.17) is 9.47 Å². The SMILES string of the molecule is COc1ccc(NC(=O)C2CCCN2CC(=O)NN2C(=O)NC(C)(c3ccc(OC)cc3)C2=O)cc1. The van der Waals surface area contributed by atoms with Gasteiger partial charge in [0.15, 0.2) is 0 Å². The molecule has 36 heavy (non-hydrogen) atoms. The number of hydrogen-bond acceptors (Lipinski definition) is 7. The summed E-state index contributed by atoms with van der Waals surface area (Å²) in [5.74, 6) is -0.119. The van der Waals surface area contributed by atoms with Crippen LogP contribution in [0, 0.1) is 0 Å². The average molecular weight is 496 g/mol. The second-order valence-corrected chi connectivity index (χ2v) is 8.81. The molecule has 0 saturated carbocycles. The maximum Gasteiger partial charge on any atom is 0.344 e. The molecule has 2 aliphatic rings. The summed E-state index contributed by atoms with van der Waals surface area (Å²) in [6.45, 7) is 1.97. The topological polar surface area (TPSA) is 129 Å². The van der Waals surface area contributed by atoms with Crippen LogP contribution in [0.4, 0.5) is 10.5 Å². The first-order chi connectivity index (χ1) is 17.2. The third kappa shape index (κ3) is 4.96. The summed E-state index contributed by atoms with van der Waals surface area (Å²) in [5.41, 5.74) is 2.22. The Balaban J connectivity index is 1.37. The van der Waals surface area contributed by atoms with Gasteiger partial charge in [-0.05, 0) is 68.3 Å². The summed E-state index contributed by atoms with van der Waals surface area (Å²) < 4.78 is 10.3. The van der Waals surface area contributed by atoms with Gasteiger partial charge < -0.3 is 20.1 Å². The quantitative estimate of drug-likeness (QED) is 0.475. The molecule has 2 atom stereocenters. The van der Waals surface area contributed by atoms with E-state index in [1.165, 1.54) is 7.11 Å². The molecule has 2 aromatic rings. The number of ether oxygens (including phenoxy) is 2. The van der Waals surface area contributed by atoms with Crippen LogP contribution in [0.15, 0.2) is 48.5 Å². The maximum atomic E-state index is 13.1. The number of nitrogens with zero attached hydrogens (tertiary/aromatic N) is 2. The third-order valence-electron chi connectivity index (χ3n) is 6.47. The molecule has 190 valence electrons. The number of amides is 5. The summed E-state index contributed by atoms with van der Waals surface area (Å²) in [6, 6.07) is 12.4. The van der Waals surface area contributed by atoms with Crippen molar-refractivity contribution in [3.05, 3.63) is 54.1 Å². The molecular weight excluding hydrogens is 466 g/mol. The highest BCUT2D eigenvalue weighted by atomic mass is 16.5. The first-order valence-electron chi connectivity index (χ1n) is 11.5. The molecule has 2 fully saturated rings. The van der Waals surface area contributed by atoms with E-state index in [0.29, 0.717) is 40.7 Å². The number of hydrazine groups is 1. The zero-order valence-corrected chi connectivity index (χ0v) is 20.4. The van der Waals surface area contributed by atoms with Crippen LogP contribution in [-0.4, -0.2) is 67.0 Å². The number of imide groups is 1. The van der Waals surface area contributed by atoms with Gasteiger partial charge >= 0.3 is 6.03 Å². The molecule has 2 heterocycles. The molecule has 2 aromatic carbocycles. The van der Waals surface area contributed by atoms with Gasteiger partial charge in [0.2, 0.25) is 5.91 Å². The standard InChI is InChI=1S/C25H29N5O6/c1-25(16-6-10-18(35-2)11-7-16)23(33)30(24(34)27-25)28-21(31)15-29-14-4-5-20(29)22(32)26-17-8-12-19(36-3)13-9-17/h6-13,20H,4-5,14-15H2,1-3H3,(H,26,32)(H,27,34)(H,28,31). The monoisotopic (exact) mass is 495 g/mol. The van der Waals surface area contributed by atoms with Crippen molar-refractivity contribution in [2.45, 2.75) is 31.3 Å². The van der Waals surface area contributed by atoms with Crippen LogP contribution in [0.5, 0.6) is 11.5 Å². The molecule has 2 saturated heterocycles. The van der Waals surface area contributed by atoms with E-state index >= 15 is 0 Å². The molecule has 0 bridgehead atoms. The molecule has 3 N–H and O–H groups in total. The molecule has 5 amide bonds. The molecular formula is C25H29N5O6. The zero-order chi connectivity index (χ0) is 25.9. The summed E-state index contributed by atoms with van der Waals surface area (Å²) in [7, 11) is 3.10. The lowest BCUT2D eigenvalue weighted by Crippen LogP contribution is -2.52. The van der Waals surface area contributed by atoms with Gasteiger partial charge in [0.1, 0.15) is 17.0 Å². The number of benzene rings is 2. The van der Waals surface area contributed by atoms with Crippen LogP contribution >= 0.6 is 0 Å². The van der Waals surface area contributed by atoms with E-state index in [9.17, 15) is 19.2 Å². The van der Waals surface area contributed by atoms with Gasteiger partial charge in [-0.2, -0.15) is 5.01 Å². The Morgan fingerprint density at radius 1 is 1.03 bits per heavy atom. The molecule has 0 aromatic heterocycles. The number of anilines is 1. The van der Waals surface area contributed by atoms with E-state index in [0.717, 1.165) is 6.42 Å². The first kappa shape index (κ1) is 25.0. The Morgan fingerprint density at radius 3 is 2.25 bits per heavy atom. The number of methoxy groups -OCH3 is 2. The molecule has 0 aliphatic carbocycles. The Hall–Kier alpha value is -4.12. The Morgan fingerprint density at radius 2 is 1.64 bits per heavy atom. The lowest BCUT2D eigenvalue weighted by Gasteiger charge is -2.25. The minimum atomic E-state index is -1.34. The third-order valence-corrected chi connectivity index (χ3v) is 6.47. The van der Waals surface area contributed by atoms with Crippen LogP contribution in [0.1, 0.15) is 25.3 Å². The van der Waals surface area contributed by atoms with Crippen molar-refractivity contribution in [3.63, 3.8) is 0 Å². The van der Waals surface area contributed by atoms with E-state index in [1.54, 1.807) is 67.5 Å². The van der Waals surface area contributed by atoms with Crippen LogP contribution in [0.3, 0.4) is 0 Å². The molecule has 2 unspecified atom stereocenters. The van der Waals surface area contributed by atoms with Gasteiger partial charge in [-0.1, -0.05) is 12.1 Å². The van der Waals surface area contributed by atoms with E-state index in [1.807, 2.05) is 0 Å². The highest BCUT2D eigenvalue weighted by molar-refractivity contribution is 6.08. The van der Waals surface area contributed by atoms with Crippen molar-refractivity contribution < 1.29 is 28.7 Å². The smallest absolute Gasteiger partial charge is 0.344 e. The van der Waals surface area contributed by atoms with E-state index < -0.39 is 29.4 Å². The minimum Gasteiger partial charge on any atom is -0.497 e. The second kappa shape index (κ2) is 10.2. The van der Waals surface area contributed by atoms with Crippen LogP contribution in [0.25, 0.3) is 0 Å². The molecule has 2 aliphatic heterocycles. The van der Waals surface area contributed by atoms with Crippen LogP contribution in [-0.2, 0) is 19.9 Å². The number of urea groups is 1. The number of likely N-dealkylation sites (tertiary alicyclic amines) is 1. The number of carbonyl (C=O) groups excluding carboxylic acids is 4. The first-order valence-corrected chi connectivity index (χ1v) is 11.5. The molecule has 4 rings (SSSR count). The summed E-state index contributed by atoms with van der Waals surface area (Å²) >= 11 is 0. The predicted molar refractivity (Wildman–Crippen MR) is 130 cm³/mol. The summed E-state index contributed by atoms with van der Waals surface area (Å²) in [6.07, 6.45) is 1.33. The van der Waals surface area contributed by atoms with Crippen molar-refractivity contribution >= 4 is 29.4 Å². The van der Waals surface area contributed by atoms with Crippen molar-refractivity contribution in [2.24, 2.45) is 0 Å². The van der Waals surface area contributed by atoms with Crippen molar-refractivity contribution in [2.75, 3.05) is 32.6 Å². The lowest BCUT2D eigenvalue weighted by atomic mass is 9.92. The van der Waals surface area contributed by atoms with Crippen molar-refractivity contribution in [1.29, 1.82) is 0 Å². The maximum absolute atomic E-state index is 13.1. The Kier molecular flexibility index (Phi) is 7.11. The number of hydrogen-bond donors (Lipinski definition) is 3. The Bertz CT molecular complexity index is 1150. The highest BCUT2D eigenvalue weighted by Crippen LogP contribution is 2.29. The molecule has 0 spiro atoms. The lowest BCUT2D eigenvalue weighted by molar-refractivity contribution is -0.139. The van der Waals surface area contributed by atoms with Crippen LogP contribution < -0.4 is 25.5 Å². The number of carbonyl (C=O) groups is 4. The van der Waals surface area contributed by atoms with Gasteiger partial charge in [0.25, 0.3) is 11.8 Å². The minimum absolute atomic E-state index is 0.142. The molecule has 11 heteroatoms. The largest absolute Gasteiger partial charge is 0.497 e. The summed E-state index contributed by atoms with van der Waals surface area (Å²) in [5, 5.41) is 6.19. The van der Waals surface area contributed by atoms with Gasteiger partial charge in [0, 0.05) is 5.69 Å². The molecule has 11 nitrogen and oxygen atoms in total. The zero-order valence-electron chi connectivity index (χ0n) is 20.4. The van der Waals surface area contributed by atoms with Gasteiger partial charge in [-0.15, -0.1) is 0 Å².